The number of anilines is 1. The topological polar surface area (TPSA) is 131 Å². The van der Waals surface area contributed by atoms with E-state index in [0.717, 1.165) is 0 Å². The summed E-state index contributed by atoms with van der Waals surface area (Å²) < 4.78 is 28.0. The molecule has 150 valence electrons. The number of urea groups is 1. The molecule has 0 spiro atoms. The molecule has 27 heavy (non-hydrogen) atoms. The highest BCUT2D eigenvalue weighted by molar-refractivity contribution is 7.89. The summed E-state index contributed by atoms with van der Waals surface area (Å²) in [4.78, 5) is 25.7. The number of benzene rings is 1. The molecule has 1 aliphatic heterocycles. The number of hydrogen-bond acceptors (Lipinski definition) is 5. The number of carbonyl (C=O) groups is 2. The summed E-state index contributed by atoms with van der Waals surface area (Å²) in [6, 6.07) is 5.37. The maximum Gasteiger partial charge on any atom is 0.407 e. The number of sulfonamides is 1. The van der Waals surface area contributed by atoms with Crippen LogP contribution in [-0.2, 0) is 14.8 Å². The van der Waals surface area contributed by atoms with Crippen molar-refractivity contribution in [3.05, 3.63) is 24.3 Å². The Kier molecular flexibility index (Phi) is 6.32. The van der Waals surface area contributed by atoms with Crippen LogP contribution in [0, 0.1) is 0 Å². The fourth-order valence-corrected chi connectivity index (χ4v) is 3.21. The molecule has 3 amide bonds. The quantitative estimate of drug-likeness (QED) is 0.715. The number of nitrogens with one attached hydrogen (secondary N) is 2. The summed E-state index contributed by atoms with van der Waals surface area (Å²) in [5, 5.41) is 10.6. The molecule has 4 N–H and O–H groups in total. The van der Waals surface area contributed by atoms with Crippen LogP contribution in [0.1, 0.15) is 33.6 Å². The highest BCUT2D eigenvalue weighted by Crippen LogP contribution is 2.17. The Morgan fingerprint density at radius 2 is 1.85 bits per heavy atom. The Hall–Kier alpha value is -2.33. The fraction of sp³-hybridized carbons (Fsp3) is 0.529. The van der Waals surface area contributed by atoms with E-state index in [-0.39, 0.29) is 17.0 Å². The van der Waals surface area contributed by atoms with Crippen molar-refractivity contribution < 1.29 is 22.7 Å². The summed E-state index contributed by atoms with van der Waals surface area (Å²) in [5.74, 6) is 0. The third-order valence-electron chi connectivity index (χ3n) is 3.92. The van der Waals surface area contributed by atoms with Crippen molar-refractivity contribution >= 4 is 27.8 Å². The minimum atomic E-state index is -3.83. The van der Waals surface area contributed by atoms with Crippen LogP contribution in [0.3, 0.4) is 0 Å². The Balaban J connectivity index is 1.86. The molecule has 0 aliphatic carbocycles. The van der Waals surface area contributed by atoms with Gasteiger partial charge in [-0.3, -0.25) is 0 Å². The van der Waals surface area contributed by atoms with Gasteiger partial charge < -0.3 is 20.3 Å². The van der Waals surface area contributed by atoms with Crippen LogP contribution in [0.25, 0.3) is 0 Å². The first kappa shape index (κ1) is 21.0. The third kappa shape index (κ3) is 6.72. The number of carbonyl (C=O) groups excluding carboxylic acids is 2. The van der Waals surface area contributed by atoms with E-state index in [2.05, 4.69) is 10.6 Å². The van der Waals surface area contributed by atoms with Gasteiger partial charge >= 0.3 is 12.1 Å². The van der Waals surface area contributed by atoms with Crippen LogP contribution >= 0.6 is 0 Å². The number of amides is 3. The summed E-state index contributed by atoms with van der Waals surface area (Å²) in [7, 11) is -3.83. The van der Waals surface area contributed by atoms with Crippen LogP contribution in [0.5, 0.6) is 0 Å². The molecule has 0 atom stereocenters. The molecular weight excluding hydrogens is 372 g/mol. The lowest BCUT2D eigenvalue weighted by atomic mass is 10.1. The molecular formula is C17H26N4O5S. The van der Waals surface area contributed by atoms with Gasteiger partial charge in [-0.2, -0.15) is 0 Å². The van der Waals surface area contributed by atoms with Gasteiger partial charge in [-0.05, 0) is 51.8 Å². The van der Waals surface area contributed by atoms with Gasteiger partial charge in [-0.25, -0.2) is 23.1 Å². The van der Waals surface area contributed by atoms with Gasteiger partial charge in [-0.15, -0.1) is 0 Å². The summed E-state index contributed by atoms with van der Waals surface area (Å²) >= 11 is 0. The Morgan fingerprint density at radius 3 is 2.41 bits per heavy atom. The number of nitrogens with zero attached hydrogens (tertiary/aromatic N) is 1. The standard InChI is InChI=1S/C17H26N4O5S/c1-17(2,3)26-16(23)20-12-7-9-21(10-8-12)15(22)19-13-5-4-6-14(11-13)27(18,24)25/h4-6,11-12H,7-10H2,1-3H3,(H,19,22)(H,20,23)(H2,18,24,25). The van der Waals surface area contributed by atoms with E-state index >= 15 is 0 Å². The molecule has 1 fully saturated rings. The van der Waals surface area contributed by atoms with Crippen molar-refractivity contribution in [3.8, 4) is 0 Å². The summed E-state index contributed by atoms with van der Waals surface area (Å²) in [6.07, 6.45) is 0.735. The Morgan fingerprint density at radius 1 is 1.22 bits per heavy atom. The zero-order valence-electron chi connectivity index (χ0n) is 15.7. The summed E-state index contributed by atoms with van der Waals surface area (Å²) in [5.41, 5.74) is -0.212. The minimum Gasteiger partial charge on any atom is -0.444 e. The van der Waals surface area contributed by atoms with Crippen molar-refractivity contribution in [2.24, 2.45) is 5.14 Å². The first-order valence-corrected chi connectivity index (χ1v) is 10.2. The highest BCUT2D eigenvalue weighted by Gasteiger charge is 2.26. The molecule has 0 saturated carbocycles. The zero-order chi connectivity index (χ0) is 20.2. The maximum absolute atomic E-state index is 12.4. The monoisotopic (exact) mass is 398 g/mol. The van der Waals surface area contributed by atoms with Crippen molar-refractivity contribution in [1.82, 2.24) is 10.2 Å². The predicted molar refractivity (Wildman–Crippen MR) is 101 cm³/mol. The molecule has 0 aromatic heterocycles. The predicted octanol–water partition coefficient (Wildman–Crippen LogP) is 1.86. The van der Waals surface area contributed by atoms with Gasteiger partial charge in [0, 0.05) is 24.8 Å². The van der Waals surface area contributed by atoms with Gasteiger partial charge in [0.1, 0.15) is 5.60 Å². The van der Waals surface area contributed by atoms with Gasteiger partial charge in [0.2, 0.25) is 10.0 Å². The average molecular weight is 398 g/mol. The number of likely N-dealkylation sites (tertiary alicyclic amines) is 1. The van der Waals surface area contributed by atoms with Crippen LogP contribution in [-0.4, -0.2) is 50.2 Å². The Bertz CT molecular complexity index is 796. The molecule has 0 bridgehead atoms. The normalized spacial score (nSPS) is 15.9. The van der Waals surface area contributed by atoms with E-state index in [0.29, 0.717) is 31.6 Å². The summed E-state index contributed by atoms with van der Waals surface area (Å²) in [6.45, 7) is 6.31. The number of hydrogen-bond donors (Lipinski definition) is 3. The molecule has 1 saturated heterocycles. The second-order valence-corrected chi connectivity index (χ2v) is 8.97. The largest absolute Gasteiger partial charge is 0.444 e. The number of rotatable bonds is 3. The van der Waals surface area contributed by atoms with E-state index in [1.807, 2.05) is 0 Å². The van der Waals surface area contributed by atoms with Gasteiger partial charge in [0.25, 0.3) is 0 Å². The first-order valence-electron chi connectivity index (χ1n) is 8.62. The second-order valence-electron chi connectivity index (χ2n) is 7.41. The van der Waals surface area contributed by atoms with E-state index in [1.54, 1.807) is 31.7 Å². The average Bonchev–Trinajstić information content (AvgIpc) is 2.53. The Labute approximate surface area is 159 Å². The fourth-order valence-electron chi connectivity index (χ4n) is 2.65. The van der Waals surface area contributed by atoms with E-state index < -0.39 is 21.7 Å². The molecule has 2 rings (SSSR count). The first-order chi connectivity index (χ1) is 12.4. The molecule has 0 unspecified atom stereocenters. The van der Waals surface area contributed by atoms with Crippen LogP contribution in [0.15, 0.2) is 29.2 Å². The van der Waals surface area contributed by atoms with Crippen LogP contribution in [0.4, 0.5) is 15.3 Å². The molecule has 1 aliphatic rings. The lowest BCUT2D eigenvalue weighted by Crippen LogP contribution is -2.48. The van der Waals surface area contributed by atoms with E-state index in [1.165, 1.54) is 18.2 Å². The number of ether oxygens (including phenoxy) is 1. The number of alkyl carbamates (subject to hydrolysis) is 1. The second kappa shape index (κ2) is 8.13. The molecule has 1 aromatic carbocycles. The van der Waals surface area contributed by atoms with E-state index in [4.69, 9.17) is 9.88 Å². The lowest BCUT2D eigenvalue weighted by molar-refractivity contribution is 0.0486. The van der Waals surface area contributed by atoms with E-state index in [9.17, 15) is 18.0 Å². The zero-order valence-corrected chi connectivity index (χ0v) is 16.5. The highest BCUT2D eigenvalue weighted by atomic mass is 32.2. The van der Waals surface area contributed by atoms with Crippen molar-refractivity contribution in [1.29, 1.82) is 0 Å². The van der Waals surface area contributed by atoms with Gasteiger partial charge in [0.15, 0.2) is 0 Å². The molecule has 0 radical (unpaired) electrons. The van der Waals surface area contributed by atoms with Gasteiger partial charge in [0.05, 0.1) is 4.90 Å². The van der Waals surface area contributed by atoms with Crippen molar-refractivity contribution in [2.45, 2.75) is 50.2 Å². The van der Waals surface area contributed by atoms with Crippen molar-refractivity contribution in [3.63, 3.8) is 0 Å². The number of nitrogens with two attached hydrogens (primary N) is 1. The molecule has 1 heterocycles. The van der Waals surface area contributed by atoms with Crippen molar-refractivity contribution in [2.75, 3.05) is 18.4 Å². The smallest absolute Gasteiger partial charge is 0.407 e. The maximum atomic E-state index is 12.4. The SMILES string of the molecule is CC(C)(C)OC(=O)NC1CCN(C(=O)Nc2cccc(S(N)(=O)=O)c2)CC1. The molecule has 9 nitrogen and oxygen atoms in total. The lowest BCUT2D eigenvalue weighted by Gasteiger charge is -2.32. The van der Waals surface area contributed by atoms with Gasteiger partial charge in [-0.1, -0.05) is 6.07 Å². The minimum absolute atomic E-state index is 0.0605. The molecule has 1 aromatic rings. The third-order valence-corrected chi connectivity index (χ3v) is 4.83. The van der Waals surface area contributed by atoms with Crippen LogP contribution in [0.2, 0.25) is 0 Å². The number of primary sulfonamides is 1. The van der Waals surface area contributed by atoms with Crippen LogP contribution < -0.4 is 15.8 Å². The number of piperidine rings is 1. The molecule has 10 heteroatoms.